The highest BCUT2D eigenvalue weighted by atomic mass is 35.5. The molecule has 0 saturated carbocycles. The molecular weight excluding hydrogens is 486 g/mol. The molecule has 6 nitrogen and oxygen atoms in total. The van der Waals surface area contributed by atoms with Crippen molar-refractivity contribution >= 4 is 21.4 Å². The summed E-state index contributed by atoms with van der Waals surface area (Å²) in [6.45, 7) is 1.24. The number of pyridine rings is 1. The van der Waals surface area contributed by atoms with Gasteiger partial charge < -0.3 is 4.57 Å². The SMILES string of the molecule is CCS(=O)(=O)c1cc(C(F)(F)F)cnc1-c1nnc(-c2ccc(Cl)c(C(F)(F)F)c2)n1C. The van der Waals surface area contributed by atoms with Crippen LogP contribution in [0.25, 0.3) is 22.9 Å². The van der Waals surface area contributed by atoms with Crippen molar-refractivity contribution in [2.75, 3.05) is 5.75 Å². The maximum Gasteiger partial charge on any atom is 0.417 e. The number of nitrogens with zero attached hydrogens (tertiary/aromatic N) is 4. The van der Waals surface area contributed by atoms with E-state index in [2.05, 4.69) is 15.2 Å². The van der Waals surface area contributed by atoms with E-state index < -0.39 is 54.7 Å². The Morgan fingerprint density at radius 2 is 1.62 bits per heavy atom. The fourth-order valence-corrected chi connectivity index (χ4v) is 4.11. The third-order valence-electron chi connectivity index (χ3n) is 4.51. The molecule has 14 heteroatoms. The van der Waals surface area contributed by atoms with Gasteiger partial charge in [0.2, 0.25) is 0 Å². The molecule has 3 aromatic rings. The van der Waals surface area contributed by atoms with Gasteiger partial charge in [-0.15, -0.1) is 10.2 Å². The standard InChI is InChI=1S/C18H13ClF6N4O2S/c1-3-32(30,31)13-7-10(17(20,21)22)8-26-14(13)16-28-27-15(29(16)2)9-4-5-12(19)11(6-9)18(23,24)25/h4-8H,3H2,1-2H3. The second-order valence-electron chi connectivity index (χ2n) is 6.57. The highest BCUT2D eigenvalue weighted by Crippen LogP contribution is 2.38. The molecule has 3 rings (SSSR count). The zero-order chi connectivity index (χ0) is 24.1. The number of benzene rings is 1. The molecule has 32 heavy (non-hydrogen) atoms. The van der Waals surface area contributed by atoms with E-state index in [1.54, 1.807) is 0 Å². The molecule has 172 valence electrons. The van der Waals surface area contributed by atoms with E-state index in [0.29, 0.717) is 12.3 Å². The highest BCUT2D eigenvalue weighted by molar-refractivity contribution is 7.91. The zero-order valence-electron chi connectivity index (χ0n) is 16.3. The van der Waals surface area contributed by atoms with Crippen LogP contribution in [0.15, 0.2) is 35.4 Å². The van der Waals surface area contributed by atoms with Crippen LogP contribution in [-0.4, -0.2) is 33.9 Å². The maximum atomic E-state index is 13.2. The summed E-state index contributed by atoms with van der Waals surface area (Å²) in [5.74, 6) is -0.868. The number of sulfone groups is 1. The van der Waals surface area contributed by atoms with Gasteiger partial charge in [-0.25, -0.2) is 8.42 Å². The number of aromatic nitrogens is 4. The van der Waals surface area contributed by atoms with Crippen LogP contribution in [0.3, 0.4) is 0 Å². The van der Waals surface area contributed by atoms with Crippen LogP contribution in [0.1, 0.15) is 18.1 Å². The van der Waals surface area contributed by atoms with Crippen molar-refractivity contribution in [2.45, 2.75) is 24.2 Å². The van der Waals surface area contributed by atoms with Crippen molar-refractivity contribution in [3.05, 3.63) is 46.6 Å². The summed E-state index contributed by atoms with van der Waals surface area (Å²) in [6, 6.07) is 3.44. The lowest BCUT2D eigenvalue weighted by atomic mass is 10.1. The number of rotatable bonds is 4. The van der Waals surface area contributed by atoms with Crippen LogP contribution in [0.2, 0.25) is 5.02 Å². The molecule has 0 radical (unpaired) electrons. The Kier molecular flexibility index (Phi) is 6.02. The summed E-state index contributed by atoms with van der Waals surface area (Å²) in [5, 5.41) is 7.01. The molecule has 0 amide bonds. The number of alkyl halides is 6. The lowest BCUT2D eigenvalue weighted by Gasteiger charge is -2.13. The van der Waals surface area contributed by atoms with Gasteiger partial charge in [0.25, 0.3) is 0 Å². The Bertz CT molecular complexity index is 1290. The van der Waals surface area contributed by atoms with E-state index in [4.69, 9.17) is 11.6 Å². The second-order valence-corrected chi connectivity index (χ2v) is 9.22. The van der Waals surface area contributed by atoms with Gasteiger partial charge in [-0.3, -0.25) is 4.98 Å². The first-order chi connectivity index (χ1) is 14.7. The molecule has 0 aliphatic carbocycles. The first kappa shape index (κ1) is 24.0. The number of hydrogen-bond donors (Lipinski definition) is 0. The molecule has 2 aromatic heterocycles. The van der Waals surface area contributed by atoms with Gasteiger partial charge in [-0.1, -0.05) is 18.5 Å². The Morgan fingerprint density at radius 1 is 1.00 bits per heavy atom. The molecule has 0 aliphatic heterocycles. The number of hydrogen-bond acceptors (Lipinski definition) is 5. The van der Waals surface area contributed by atoms with Crippen molar-refractivity contribution in [3.8, 4) is 22.9 Å². The van der Waals surface area contributed by atoms with Crippen molar-refractivity contribution in [1.82, 2.24) is 19.7 Å². The second kappa shape index (κ2) is 8.03. The monoisotopic (exact) mass is 498 g/mol. The highest BCUT2D eigenvalue weighted by Gasteiger charge is 2.35. The molecule has 0 fully saturated rings. The van der Waals surface area contributed by atoms with Crippen LogP contribution in [0.4, 0.5) is 26.3 Å². The largest absolute Gasteiger partial charge is 0.417 e. The molecule has 0 bridgehead atoms. The van der Waals surface area contributed by atoms with Crippen molar-refractivity contribution < 1.29 is 34.8 Å². The topological polar surface area (TPSA) is 77.7 Å². The minimum Gasteiger partial charge on any atom is -0.309 e. The maximum absolute atomic E-state index is 13.2. The van der Waals surface area contributed by atoms with Crippen LogP contribution in [0, 0.1) is 0 Å². The van der Waals surface area contributed by atoms with Crippen LogP contribution >= 0.6 is 11.6 Å². The summed E-state index contributed by atoms with van der Waals surface area (Å²) in [5.41, 5.74) is -2.85. The lowest BCUT2D eigenvalue weighted by molar-refractivity contribution is -0.138. The van der Waals surface area contributed by atoms with Crippen molar-refractivity contribution in [1.29, 1.82) is 0 Å². The van der Waals surface area contributed by atoms with Gasteiger partial charge in [0.15, 0.2) is 21.5 Å². The van der Waals surface area contributed by atoms with E-state index in [-0.39, 0.29) is 17.2 Å². The average molecular weight is 499 g/mol. The van der Waals surface area contributed by atoms with Gasteiger partial charge in [0.05, 0.1) is 26.8 Å². The van der Waals surface area contributed by atoms with Crippen LogP contribution < -0.4 is 0 Å². The van der Waals surface area contributed by atoms with E-state index in [9.17, 15) is 34.8 Å². The van der Waals surface area contributed by atoms with Gasteiger partial charge in [0, 0.05) is 18.8 Å². The molecule has 2 heterocycles. The summed E-state index contributed by atoms with van der Waals surface area (Å²) < 4.78 is 105. The molecule has 0 atom stereocenters. The first-order valence-corrected chi connectivity index (χ1v) is 10.8. The average Bonchev–Trinajstić information content (AvgIpc) is 3.07. The molecule has 0 spiro atoms. The van der Waals surface area contributed by atoms with Gasteiger partial charge in [-0.05, 0) is 24.3 Å². The van der Waals surface area contributed by atoms with E-state index >= 15 is 0 Å². The first-order valence-electron chi connectivity index (χ1n) is 8.73. The van der Waals surface area contributed by atoms with Gasteiger partial charge >= 0.3 is 12.4 Å². The van der Waals surface area contributed by atoms with Crippen LogP contribution in [0.5, 0.6) is 0 Å². The fraction of sp³-hybridized carbons (Fsp3) is 0.278. The molecular formula is C18H13ClF6N4O2S. The minimum absolute atomic E-state index is 0.0465. The normalized spacial score (nSPS) is 12.9. The minimum atomic E-state index is -4.84. The smallest absolute Gasteiger partial charge is 0.309 e. The third-order valence-corrected chi connectivity index (χ3v) is 6.58. The van der Waals surface area contributed by atoms with Crippen LogP contribution in [-0.2, 0) is 29.2 Å². The van der Waals surface area contributed by atoms with Crippen molar-refractivity contribution in [2.24, 2.45) is 7.05 Å². The molecule has 1 aromatic carbocycles. The van der Waals surface area contributed by atoms with E-state index in [1.807, 2.05) is 0 Å². The predicted molar refractivity (Wildman–Crippen MR) is 102 cm³/mol. The molecule has 0 aliphatic rings. The van der Waals surface area contributed by atoms with Gasteiger partial charge in [0.1, 0.15) is 5.69 Å². The summed E-state index contributed by atoms with van der Waals surface area (Å²) in [4.78, 5) is 2.93. The Hall–Kier alpha value is -2.67. The molecule has 0 N–H and O–H groups in total. The fourth-order valence-electron chi connectivity index (χ4n) is 2.83. The number of halogens is 7. The van der Waals surface area contributed by atoms with Crippen molar-refractivity contribution in [3.63, 3.8) is 0 Å². The van der Waals surface area contributed by atoms with Gasteiger partial charge in [-0.2, -0.15) is 26.3 Å². The molecule has 0 saturated heterocycles. The van der Waals surface area contributed by atoms with E-state index in [0.717, 1.165) is 16.7 Å². The Morgan fingerprint density at radius 3 is 2.19 bits per heavy atom. The summed E-state index contributed by atoms with van der Waals surface area (Å²) in [7, 11) is -2.86. The van der Waals surface area contributed by atoms with E-state index in [1.165, 1.54) is 20.0 Å². The predicted octanol–water partition coefficient (Wildman–Crippen LogP) is 5.03. The Balaban J connectivity index is 2.21. The zero-order valence-corrected chi connectivity index (χ0v) is 17.8. The third kappa shape index (κ3) is 4.44. The lowest BCUT2D eigenvalue weighted by Crippen LogP contribution is -2.13. The molecule has 0 unspecified atom stereocenters. The quantitative estimate of drug-likeness (QED) is 0.472. The Labute approximate surface area is 182 Å². The summed E-state index contributed by atoms with van der Waals surface area (Å²) in [6.07, 6.45) is -9.14. The summed E-state index contributed by atoms with van der Waals surface area (Å²) >= 11 is 5.62.